The molecule has 4 heteroatoms. The number of ether oxygens (including phenoxy) is 2. The Kier molecular flexibility index (Phi) is 2.98. The fourth-order valence-electron chi connectivity index (χ4n) is 2.96. The number of methoxy groups -OCH3 is 1. The van der Waals surface area contributed by atoms with Crippen molar-refractivity contribution >= 4 is 5.97 Å². The SMILES string of the molecule is CO[C@H]1C[C@H]2C[C@H](OC(C)=O)C[C@H]1N2C. The summed E-state index contributed by atoms with van der Waals surface area (Å²) < 4.78 is 10.8. The molecule has 86 valence electrons. The van der Waals surface area contributed by atoms with Crippen LogP contribution in [-0.2, 0) is 14.3 Å². The molecule has 0 aliphatic carbocycles. The summed E-state index contributed by atoms with van der Waals surface area (Å²) in [5.41, 5.74) is 0. The molecule has 0 aromatic rings. The molecule has 0 N–H and O–H groups in total. The van der Waals surface area contributed by atoms with E-state index in [2.05, 4.69) is 11.9 Å². The molecule has 2 heterocycles. The second kappa shape index (κ2) is 4.10. The molecule has 4 nitrogen and oxygen atoms in total. The zero-order valence-electron chi connectivity index (χ0n) is 9.60. The van der Waals surface area contributed by atoms with Crippen LogP contribution < -0.4 is 0 Å². The Hall–Kier alpha value is -0.610. The molecule has 4 atom stereocenters. The summed E-state index contributed by atoms with van der Waals surface area (Å²) in [7, 11) is 3.90. The Morgan fingerprint density at radius 2 is 2.07 bits per heavy atom. The third kappa shape index (κ3) is 2.01. The standard InChI is InChI=1S/C11H19NO3/c1-7(13)15-9-4-8-5-11(14-3)10(6-9)12(8)2/h8-11H,4-6H2,1-3H3/t8-,9+,10-,11+/m1/s1. The normalized spacial score (nSPS) is 40.5. The average Bonchev–Trinajstić information content (AvgIpc) is 2.37. The summed E-state index contributed by atoms with van der Waals surface area (Å²) in [6.07, 6.45) is 3.32. The maximum Gasteiger partial charge on any atom is 0.302 e. The number of hydrogen-bond acceptors (Lipinski definition) is 4. The van der Waals surface area contributed by atoms with Gasteiger partial charge >= 0.3 is 5.97 Å². The van der Waals surface area contributed by atoms with Gasteiger partial charge in [0.25, 0.3) is 0 Å². The summed E-state index contributed by atoms with van der Waals surface area (Å²) in [5, 5.41) is 0. The second-order valence-corrected chi connectivity index (χ2v) is 4.60. The summed E-state index contributed by atoms with van der Waals surface area (Å²) in [6, 6.07) is 0.927. The minimum Gasteiger partial charge on any atom is -0.462 e. The van der Waals surface area contributed by atoms with Gasteiger partial charge in [0.05, 0.1) is 6.10 Å². The maximum absolute atomic E-state index is 10.9. The lowest BCUT2D eigenvalue weighted by molar-refractivity contribution is -0.150. The van der Waals surface area contributed by atoms with Crippen molar-refractivity contribution < 1.29 is 14.3 Å². The van der Waals surface area contributed by atoms with Crippen LogP contribution in [0.1, 0.15) is 26.2 Å². The third-order valence-electron chi connectivity index (χ3n) is 3.71. The van der Waals surface area contributed by atoms with Crippen LogP contribution in [0.4, 0.5) is 0 Å². The van der Waals surface area contributed by atoms with Crippen molar-refractivity contribution in [1.82, 2.24) is 4.90 Å². The van der Waals surface area contributed by atoms with Crippen molar-refractivity contribution in [2.45, 2.75) is 50.5 Å². The van der Waals surface area contributed by atoms with Crippen LogP contribution >= 0.6 is 0 Å². The van der Waals surface area contributed by atoms with E-state index in [1.807, 2.05) is 0 Å². The van der Waals surface area contributed by atoms with Crippen molar-refractivity contribution in [3.05, 3.63) is 0 Å². The molecule has 0 radical (unpaired) electrons. The smallest absolute Gasteiger partial charge is 0.302 e. The highest BCUT2D eigenvalue weighted by Crippen LogP contribution is 2.37. The molecule has 0 saturated carbocycles. The third-order valence-corrected chi connectivity index (χ3v) is 3.71. The monoisotopic (exact) mass is 213 g/mol. The van der Waals surface area contributed by atoms with Gasteiger partial charge in [0.15, 0.2) is 0 Å². The van der Waals surface area contributed by atoms with Crippen LogP contribution in [0.2, 0.25) is 0 Å². The van der Waals surface area contributed by atoms with Crippen LogP contribution in [0.5, 0.6) is 0 Å². The van der Waals surface area contributed by atoms with Gasteiger partial charge in [-0.25, -0.2) is 0 Å². The van der Waals surface area contributed by atoms with Crippen molar-refractivity contribution in [3.63, 3.8) is 0 Å². The zero-order chi connectivity index (χ0) is 11.0. The average molecular weight is 213 g/mol. The first kappa shape index (κ1) is 10.9. The molecule has 15 heavy (non-hydrogen) atoms. The maximum atomic E-state index is 10.9. The lowest BCUT2D eigenvalue weighted by atomic mass is 10.0. The molecule has 2 fully saturated rings. The summed E-state index contributed by atoms with van der Waals surface area (Å²) >= 11 is 0. The second-order valence-electron chi connectivity index (χ2n) is 4.60. The van der Waals surface area contributed by atoms with Gasteiger partial charge in [-0.2, -0.15) is 0 Å². The molecule has 2 rings (SSSR count). The predicted molar refractivity (Wildman–Crippen MR) is 55.5 cm³/mol. The van der Waals surface area contributed by atoms with E-state index in [-0.39, 0.29) is 12.1 Å². The van der Waals surface area contributed by atoms with Gasteiger partial charge < -0.3 is 9.47 Å². The van der Waals surface area contributed by atoms with Crippen molar-refractivity contribution in [3.8, 4) is 0 Å². The molecular weight excluding hydrogens is 194 g/mol. The van der Waals surface area contributed by atoms with E-state index < -0.39 is 0 Å². The Bertz CT molecular complexity index is 256. The highest BCUT2D eigenvalue weighted by molar-refractivity contribution is 5.66. The van der Waals surface area contributed by atoms with E-state index in [1.165, 1.54) is 6.92 Å². The predicted octanol–water partition coefficient (Wildman–Crippen LogP) is 0.800. The first-order chi connectivity index (χ1) is 7.11. The van der Waals surface area contributed by atoms with E-state index in [1.54, 1.807) is 7.11 Å². The van der Waals surface area contributed by atoms with Gasteiger partial charge in [-0.15, -0.1) is 0 Å². The van der Waals surface area contributed by atoms with Gasteiger partial charge in [0, 0.05) is 39.0 Å². The van der Waals surface area contributed by atoms with Gasteiger partial charge in [-0.05, 0) is 13.5 Å². The number of hydrogen-bond donors (Lipinski definition) is 0. The molecule has 0 aromatic carbocycles. The minimum absolute atomic E-state index is 0.0915. The van der Waals surface area contributed by atoms with Crippen molar-refractivity contribution in [1.29, 1.82) is 0 Å². The molecular formula is C11H19NO3. The molecule has 0 aromatic heterocycles. The van der Waals surface area contributed by atoms with E-state index in [0.29, 0.717) is 18.2 Å². The lowest BCUT2D eigenvalue weighted by Crippen LogP contribution is -2.45. The molecule has 2 aliphatic heterocycles. The van der Waals surface area contributed by atoms with Gasteiger partial charge in [0.1, 0.15) is 6.10 Å². The highest BCUT2D eigenvalue weighted by atomic mass is 16.5. The van der Waals surface area contributed by atoms with Gasteiger partial charge in [-0.3, -0.25) is 9.69 Å². The van der Waals surface area contributed by atoms with Gasteiger partial charge in [0.2, 0.25) is 0 Å². The molecule has 0 unspecified atom stereocenters. The Labute approximate surface area is 90.5 Å². The van der Waals surface area contributed by atoms with Crippen LogP contribution in [0.25, 0.3) is 0 Å². The lowest BCUT2D eigenvalue weighted by Gasteiger charge is -2.36. The minimum atomic E-state index is -0.169. The number of fused-ring (bicyclic) bond motifs is 2. The van der Waals surface area contributed by atoms with E-state index in [9.17, 15) is 4.79 Å². The van der Waals surface area contributed by atoms with Crippen LogP contribution in [0, 0.1) is 0 Å². The topological polar surface area (TPSA) is 38.8 Å². The van der Waals surface area contributed by atoms with E-state index >= 15 is 0 Å². The Balaban J connectivity index is 2.01. The molecule has 2 saturated heterocycles. The summed E-state index contributed by atoms with van der Waals surface area (Å²) in [5.74, 6) is -0.169. The number of carbonyl (C=O) groups excluding carboxylic acids is 1. The quantitative estimate of drug-likeness (QED) is 0.636. The van der Waals surface area contributed by atoms with Crippen molar-refractivity contribution in [2.75, 3.05) is 14.2 Å². The number of nitrogens with zero attached hydrogens (tertiary/aromatic N) is 1. The highest BCUT2D eigenvalue weighted by Gasteiger charge is 2.45. The molecule has 0 spiro atoms. The molecule has 2 aliphatic rings. The van der Waals surface area contributed by atoms with Crippen LogP contribution in [0.15, 0.2) is 0 Å². The first-order valence-corrected chi connectivity index (χ1v) is 5.53. The molecule has 2 bridgehead atoms. The zero-order valence-corrected chi connectivity index (χ0v) is 9.60. The fourth-order valence-corrected chi connectivity index (χ4v) is 2.96. The van der Waals surface area contributed by atoms with E-state index in [0.717, 1.165) is 19.3 Å². The fraction of sp³-hybridized carbons (Fsp3) is 0.909. The van der Waals surface area contributed by atoms with Crippen molar-refractivity contribution in [2.24, 2.45) is 0 Å². The Morgan fingerprint density at radius 1 is 1.33 bits per heavy atom. The number of esters is 1. The Morgan fingerprint density at radius 3 is 2.67 bits per heavy atom. The van der Waals surface area contributed by atoms with E-state index in [4.69, 9.17) is 9.47 Å². The number of carbonyl (C=O) groups is 1. The number of likely N-dealkylation sites (N-methyl/N-ethyl adjacent to an activating group) is 1. The largest absolute Gasteiger partial charge is 0.462 e. The number of rotatable bonds is 2. The van der Waals surface area contributed by atoms with Crippen LogP contribution in [0.3, 0.4) is 0 Å². The van der Waals surface area contributed by atoms with Crippen LogP contribution in [-0.4, -0.2) is 49.3 Å². The first-order valence-electron chi connectivity index (χ1n) is 5.53. The van der Waals surface area contributed by atoms with Gasteiger partial charge in [-0.1, -0.05) is 0 Å². The number of piperidine rings is 1. The molecule has 0 amide bonds. The summed E-state index contributed by atoms with van der Waals surface area (Å²) in [6.45, 7) is 1.48. The summed E-state index contributed by atoms with van der Waals surface area (Å²) in [4.78, 5) is 13.3.